The van der Waals surface area contributed by atoms with Crippen LogP contribution >= 0.6 is 0 Å². The molecule has 0 saturated heterocycles. The predicted octanol–water partition coefficient (Wildman–Crippen LogP) is 4.39. The largest absolute Gasteiger partial charge is 0.478 e. The van der Waals surface area contributed by atoms with E-state index in [1.165, 1.54) is 6.07 Å². The summed E-state index contributed by atoms with van der Waals surface area (Å²) in [5, 5.41) is 8.82. The quantitative estimate of drug-likeness (QED) is 0.780. The van der Waals surface area contributed by atoms with Crippen molar-refractivity contribution >= 4 is 5.97 Å². The summed E-state index contributed by atoms with van der Waals surface area (Å²) in [6.07, 6.45) is 0. The maximum atomic E-state index is 14.2. The molecule has 1 aromatic heterocycles. The number of benzene rings is 2. The van der Waals surface area contributed by atoms with E-state index in [1.807, 2.05) is 30.3 Å². The second-order valence-corrected chi connectivity index (χ2v) is 4.87. The Hall–Kier alpha value is -3.08. The van der Waals surface area contributed by atoms with Gasteiger partial charge in [0.2, 0.25) is 0 Å². The third-order valence-electron chi connectivity index (χ3n) is 3.41. The fourth-order valence-electron chi connectivity index (χ4n) is 2.27. The minimum atomic E-state index is -1.51. The molecule has 5 heteroatoms. The summed E-state index contributed by atoms with van der Waals surface area (Å²) in [6, 6.07) is 16.5. The molecule has 0 radical (unpaired) electrons. The summed E-state index contributed by atoms with van der Waals surface area (Å²) < 4.78 is 28.0. The minimum Gasteiger partial charge on any atom is -0.478 e. The summed E-state index contributed by atoms with van der Waals surface area (Å²) >= 11 is 0. The Balaban J connectivity index is 2.10. The van der Waals surface area contributed by atoms with Gasteiger partial charge in [0.15, 0.2) is 11.6 Å². The lowest BCUT2D eigenvalue weighted by atomic mass is 10.1. The molecule has 0 saturated carbocycles. The summed E-state index contributed by atoms with van der Waals surface area (Å²) in [5.41, 5.74) is 0.915. The van der Waals surface area contributed by atoms with Gasteiger partial charge < -0.3 is 5.11 Å². The molecule has 3 nitrogen and oxygen atoms in total. The van der Waals surface area contributed by atoms with Gasteiger partial charge in [-0.25, -0.2) is 18.6 Å². The molecule has 1 N–H and O–H groups in total. The molecule has 0 bridgehead atoms. The molecular formula is C18H11F2NO2. The van der Waals surface area contributed by atoms with E-state index in [0.29, 0.717) is 5.69 Å². The van der Waals surface area contributed by atoms with Gasteiger partial charge in [0.25, 0.3) is 0 Å². The van der Waals surface area contributed by atoms with Crippen LogP contribution in [0.15, 0.2) is 60.7 Å². The maximum absolute atomic E-state index is 14.2. The lowest BCUT2D eigenvalue weighted by molar-refractivity contribution is 0.0690. The van der Waals surface area contributed by atoms with Crippen molar-refractivity contribution in [3.8, 4) is 22.5 Å². The van der Waals surface area contributed by atoms with E-state index in [1.54, 1.807) is 18.2 Å². The zero-order valence-corrected chi connectivity index (χ0v) is 11.8. The number of carbonyl (C=O) groups is 1. The van der Waals surface area contributed by atoms with Gasteiger partial charge in [-0.05, 0) is 24.3 Å². The predicted molar refractivity (Wildman–Crippen MR) is 82.0 cm³/mol. The molecule has 23 heavy (non-hydrogen) atoms. The van der Waals surface area contributed by atoms with Crippen molar-refractivity contribution in [3.05, 3.63) is 77.9 Å². The van der Waals surface area contributed by atoms with Crippen LogP contribution in [0.5, 0.6) is 0 Å². The summed E-state index contributed by atoms with van der Waals surface area (Å²) in [6.45, 7) is 0. The fourth-order valence-corrected chi connectivity index (χ4v) is 2.27. The van der Waals surface area contributed by atoms with Crippen LogP contribution in [-0.2, 0) is 0 Å². The first kappa shape index (κ1) is 14.8. The SMILES string of the molecule is O=C(O)c1ccc(-c2cccc(-c3ccccc3)n2)c(F)c1F. The third kappa shape index (κ3) is 2.81. The van der Waals surface area contributed by atoms with E-state index in [-0.39, 0.29) is 11.3 Å². The Morgan fingerprint density at radius 1 is 0.826 bits per heavy atom. The molecule has 0 unspecified atom stereocenters. The van der Waals surface area contributed by atoms with Gasteiger partial charge in [0.1, 0.15) is 0 Å². The molecule has 0 spiro atoms. The average Bonchev–Trinajstić information content (AvgIpc) is 2.58. The number of carboxylic acid groups (broad SMARTS) is 1. The Kier molecular flexibility index (Phi) is 3.85. The molecule has 3 aromatic rings. The second kappa shape index (κ2) is 5.96. The van der Waals surface area contributed by atoms with Crippen molar-refractivity contribution in [1.82, 2.24) is 4.98 Å². The minimum absolute atomic E-state index is 0.0784. The van der Waals surface area contributed by atoms with Crippen molar-refractivity contribution in [1.29, 1.82) is 0 Å². The van der Waals surface area contributed by atoms with Crippen LogP contribution in [0.4, 0.5) is 8.78 Å². The fraction of sp³-hybridized carbons (Fsp3) is 0. The molecule has 1 heterocycles. The first-order valence-electron chi connectivity index (χ1n) is 6.82. The number of hydrogen-bond donors (Lipinski definition) is 1. The highest BCUT2D eigenvalue weighted by Gasteiger charge is 2.19. The average molecular weight is 311 g/mol. The molecule has 0 aliphatic rings. The van der Waals surface area contributed by atoms with Gasteiger partial charge in [-0.3, -0.25) is 0 Å². The zero-order valence-electron chi connectivity index (χ0n) is 11.8. The summed E-state index contributed by atoms with van der Waals surface area (Å²) in [5.74, 6) is -4.12. The van der Waals surface area contributed by atoms with E-state index in [2.05, 4.69) is 4.98 Å². The Morgan fingerprint density at radius 3 is 2.22 bits per heavy atom. The van der Waals surface area contributed by atoms with Crippen molar-refractivity contribution in [3.63, 3.8) is 0 Å². The van der Waals surface area contributed by atoms with E-state index in [9.17, 15) is 13.6 Å². The first-order valence-corrected chi connectivity index (χ1v) is 6.82. The van der Waals surface area contributed by atoms with Crippen LogP contribution in [0.2, 0.25) is 0 Å². The van der Waals surface area contributed by atoms with Gasteiger partial charge in [0, 0.05) is 11.1 Å². The highest BCUT2D eigenvalue weighted by molar-refractivity contribution is 5.88. The highest BCUT2D eigenvalue weighted by Crippen LogP contribution is 2.27. The van der Waals surface area contributed by atoms with Gasteiger partial charge in [-0.2, -0.15) is 0 Å². The summed E-state index contributed by atoms with van der Waals surface area (Å²) in [7, 11) is 0. The number of nitrogens with zero attached hydrogens (tertiary/aromatic N) is 1. The zero-order chi connectivity index (χ0) is 16.4. The number of halogens is 2. The number of aromatic carboxylic acids is 1. The lowest BCUT2D eigenvalue weighted by Crippen LogP contribution is -2.04. The number of rotatable bonds is 3. The Labute approximate surface area is 130 Å². The first-order chi connectivity index (χ1) is 11.1. The molecule has 0 atom stereocenters. The van der Waals surface area contributed by atoms with Crippen molar-refractivity contribution in [2.24, 2.45) is 0 Å². The molecule has 3 rings (SSSR count). The highest BCUT2D eigenvalue weighted by atomic mass is 19.2. The number of aromatic nitrogens is 1. The molecule has 0 aliphatic heterocycles. The van der Waals surface area contributed by atoms with Crippen molar-refractivity contribution in [2.75, 3.05) is 0 Å². The smallest absolute Gasteiger partial charge is 0.338 e. The third-order valence-corrected chi connectivity index (χ3v) is 3.41. The summed E-state index contributed by atoms with van der Waals surface area (Å²) in [4.78, 5) is 15.2. The molecule has 0 aliphatic carbocycles. The lowest BCUT2D eigenvalue weighted by Gasteiger charge is -2.08. The van der Waals surface area contributed by atoms with E-state index < -0.39 is 23.2 Å². The van der Waals surface area contributed by atoms with Gasteiger partial charge in [-0.15, -0.1) is 0 Å². The topological polar surface area (TPSA) is 50.2 Å². The molecule has 2 aromatic carbocycles. The van der Waals surface area contributed by atoms with Crippen LogP contribution in [0.25, 0.3) is 22.5 Å². The van der Waals surface area contributed by atoms with E-state index >= 15 is 0 Å². The van der Waals surface area contributed by atoms with Crippen LogP contribution in [0.3, 0.4) is 0 Å². The number of hydrogen-bond acceptors (Lipinski definition) is 2. The number of carboxylic acids is 1. The monoisotopic (exact) mass is 311 g/mol. The normalized spacial score (nSPS) is 10.5. The van der Waals surface area contributed by atoms with Crippen LogP contribution < -0.4 is 0 Å². The molecule has 114 valence electrons. The Morgan fingerprint density at radius 2 is 1.52 bits per heavy atom. The van der Waals surface area contributed by atoms with Crippen molar-refractivity contribution < 1.29 is 18.7 Å². The maximum Gasteiger partial charge on any atom is 0.338 e. The van der Waals surface area contributed by atoms with Gasteiger partial charge >= 0.3 is 5.97 Å². The second-order valence-electron chi connectivity index (χ2n) is 4.87. The van der Waals surface area contributed by atoms with Crippen LogP contribution in [0, 0.1) is 11.6 Å². The van der Waals surface area contributed by atoms with E-state index in [4.69, 9.17) is 5.11 Å². The molecular weight excluding hydrogens is 300 g/mol. The van der Waals surface area contributed by atoms with Gasteiger partial charge in [-0.1, -0.05) is 36.4 Å². The molecule has 0 fully saturated rings. The van der Waals surface area contributed by atoms with Crippen LogP contribution in [0.1, 0.15) is 10.4 Å². The van der Waals surface area contributed by atoms with E-state index in [0.717, 1.165) is 11.6 Å². The number of pyridine rings is 1. The molecule has 0 amide bonds. The standard InChI is InChI=1S/C18H11F2NO2/c19-16-12(9-10-13(17(16)20)18(22)23)15-8-4-7-14(21-15)11-5-2-1-3-6-11/h1-10H,(H,22,23). The van der Waals surface area contributed by atoms with Crippen LogP contribution in [-0.4, -0.2) is 16.1 Å². The Bertz CT molecular complexity index is 879. The van der Waals surface area contributed by atoms with Crippen molar-refractivity contribution in [2.45, 2.75) is 0 Å². The van der Waals surface area contributed by atoms with Gasteiger partial charge in [0.05, 0.1) is 17.0 Å².